The average molecular weight is 1230 g/mol. The van der Waals surface area contributed by atoms with Crippen LogP contribution in [0.5, 0.6) is 0 Å². The van der Waals surface area contributed by atoms with Crippen LogP contribution >= 0.6 is 0 Å². The van der Waals surface area contributed by atoms with E-state index in [1.165, 1.54) is 37.9 Å². The maximum atomic E-state index is 7.09. The highest BCUT2D eigenvalue weighted by Crippen LogP contribution is 2.50. The first-order chi connectivity index (χ1) is 47.6. The van der Waals surface area contributed by atoms with Gasteiger partial charge in [0.2, 0.25) is 5.71 Å². The SMILES string of the molecule is c1ccc2c(c1)ccc1c3ccccc3c(-c3ccc(N(c4ccc5oc6ncccc6c5c4)c4cc(-c5cc6c7ccc(N(c8ccc9oc%10cnccc%10c9c8)c8ccnc9c8oc8ccccc89)cc7ccc6c6ccccc56)nc5c4oc4ccccc45)cc3)cc21. The molecule has 0 saturated carbocycles. The second-order valence-corrected chi connectivity index (χ2v) is 24.8. The van der Waals surface area contributed by atoms with Crippen molar-refractivity contribution in [3.8, 4) is 22.4 Å². The normalized spacial score (nSPS) is 12.2. The van der Waals surface area contributed by atoms with Crippen LogP contribution < -0.4 is 9.80 Å². The Morgan fingerprint density at radius 2 is 0.812 bits per heavy atom. The van der Waals surface area contributed by atoms with Crippen LogP contribution in [0.25, 0.3) is 175 Å². The highest BCUT2D eigenvalue weighted by Gasteiger charge is 2.27. The smallest absolute Gasteiger partial charge is 0.227 e. The van der Waals surface area contributed by atoms with Crippen molar-refractivity contribution in [2.45, 2.75) is 0 Å². The van der Waals surface area contributed by atoms with Gasteiger partial charge in [0.15, 0.2) is 16.7 Å². The summed E-state index contributed by atoms with van der Waals surface area (Å²) in [7, 11) is 0. The van der Waals surface area contributed by atoms with Crippen LogP contribution in [0.1, 0.15) is 0 Å². The molecule has 21 rings (SSSR count). The van der Waals surface area contributed by atoms with E-state index >= 15 is 0 Å². The van der Waals surface area contributed by atoms with Crippen LogP contribution in [-0.2, 0) is 0 Å². The Balaban J connectivity index is 0.774. The topological polar surface area (TPSA) is 111 Å². The van der Waals surface area contributed by atoms with Gasteiger partial charge >= 0.3 is 0 Å². The van der Waals surface area contributed by atoms with E-state index in [9.17, 15) is 0 Å². The van der Waals surface area contributed by atoms with E-state index < -0.39 is 0 Å². The number of furan rings is 4. The summed E-state index contributed by atoms with van der Waals surface area (Å²) in [5.74, 6) is 0. The molecule has 96 heavy (non-hydrogen) atoms. The molecule has 0 aliphatic carbocycles. The number of para-hydroxylation sites is 2. The molecule has 0 unspecified atom stereocenters. The zero-order chi connectivity index (χ0) is 62.7. The van der Waals surface area contributed by atoms with Crippen LogP contribution in [0.15, 0.2) is 309 Å². The molecule has 8 heterocycles. The molecule has 0 spiro atoms. The van der Waals surface area contributed by atoms with Gasteiger partial charge in [-0.3, -0.25) is 9.97 Å². The van der Waals surface area contributed by atoms with Crippen LogP contribution in [0.3, 0.4) is 0 Å². The Morgan fingerprint density at radius 1 is 0.271 bits per heavy atom. The number of fused-ring (bicyclic) bond motifs is 22. The first-order valence-corrected chi connectivity index (χ1v) is 32.1. The second-order valence-electron chi connectivity index (χ2n) is 24.8. The molecular weight excluding hydrogens is 1180 g/mol. The maximum absolute atomic E-state index is 7.09. The predicted octanol–water partition coefficient (Wildman–Crippen LogP) is 24.1. The van der Waals surface area contributed by atoms with Gasteiger partial charge in [0.25, 0.3) is 0 Å². The lowest BCUT2D eigenvalue weighted by atomic mass is 9.91. The molecule has 0 aliphatic heterocycles. The van der Waals surface area contributed by atoms with Crippen molar-refractivity contribution in [1.29, 1.82) is 0 Å². The number of hydrogen-bond acceptors (Lipinski definition) is 10. The minimum absolute atomic E-state index is 0.586. The Morgan fingerprint density at radius 3 is 1.57 bits per heavy atom. The van der Waals surface area contributed by atoms with E-state index in [4.69, 9.17) is 27.6 Å². The third kappa shape index (κ3) is 7.81. The monoisotopic (exact) mass is 1230 g/mol. The van der Waals surface area contributed by atoms with Crippen molar-refractivity contribution in [2.75, 3.05) is 9.80 Å². The standard InChI is InChI=1S/C86H48N6O4/c1-2-13-56-49(12-1)25-32-62-58-14-3-5-16-60(58)68(45-69(56)62)50-23-27-52(28-24-50)91(54-31-36-80-73(44-54)65-20-11-39-89-86(65)96-80)76-47-74(90-83-67-19-8-10-22-78(67)95-85(76)83)71-46-70-57-34-29-53(42-51(57)26-33-63(70)59-15-4-6-17-61(59)71)92(55-30-35-79-72(43-55)64-37-40-87-48-81(64)93-79)75-38-41-88-82-66-18-7-9-21-77(66)94-84(75)82/h1-48H. The Hall–Kier alpha value is -13.2. The number of rotatable bonds is 8. The van der Waals surface area contributed by atoms with Crippen molar-refractivity contribution >= 4 is 187 Å². The van der Waals surface area contributed by atoms with E-state index in [0.717, 1.165) is 155 Å². The molecule has 21 aromatic rings. The van der Waals surface area contributed by atoms with Crippen molar-refractivity contribution in [1.82, 2.24) is 19.9 Å². The van der Waals surface area contributed by atoms with Gasteiger partial charge in [0.1, 0.15) is 33.4 Å². The molecular formula is C86H48N6O4. The number of benzene rings is 13. The number of pyridine rings is 4. The highest BCUT2D eigenvalue weighted by molar-refractivity contribution is 6.24. The lowest BCUT2D eigenvalue weighted by Crippen LogP contribution is -2.11. The van der Waals surface area contributed by atoms with Gasteiger partial charge in [-0.25, -0.2) is 9.97 Å². The summed E-state index contributed by atoms with van der Waals surface area (Å²) >= 11 is 0. The number of aromatic nitrogens is 4. The molecule has 0 bridgehead atoms. The van der Waals surface area contributed by atoms with Crippen molar-refractivity contribution in [3.05, 3.63) is 292 Å². The molecule has 0 atom stereocenters. The highest BCUT2D eigenvalue weighted by atomic mass is 16.3. The summed E-state index contributed by atoms with van der Waals surface area (Å²) in [5, 5.41) is 19.6. The first-order valence-electron chi connectivity index (χ1n) is 32.1. The summed E-state index contributed by atoms with van der Waals surface area (Å²) < 4.78 is 26.5. The van der Waals surface area contributed by atoms with Crippen molar-refractivity contribution in [2.24, 2.45) is 0 Å². The lowest BCUT2D eigenvalue weighted by molar-refractivity contribution is 0.654. The van der Waals surface area contributed by atoms with E-state index in [1.54, 1.807) is 12.4 Å². The molecule has 8 aromatic heterocycles. The van der Waals surface area contributed by atoms with Gasteiger partial charge < -0.3 is 27.5 Å². The second kappa shape index (κ2) is 20.2. The van der Waals surface area contributed by atoms with Gasteiger partial charge in [0, 0.05) is 79.2 Å². The van der Waals surface area contributed by atoms with Crippen LogP contribution in [0, 0.1) is 0 Å². The molecule has 0 saturated heterocycles. The molecule has 446 valence electrons. The molecule has 0 amide bonds. The average Bonchev–Trinajstić information content (AvgIpc) is 1.20. The first kappa shape index (κ1) is 52.4. The quantitative estimate of drug-likeness (QED) is 0.136. The van der Waals surface area contributed by atoms with Crippen LogP contribution in [0.4, 0.5) is 34.1 Å². The lowest BCUT2D eigenvalue weighted by Gasteiger charge is -2.26. The third-order valence-corrected chi connectivity index (χ3v) is 19.6. The number of anilines is 6. The zero-order valence-corrected chi connectivity index (χ0v) is 51.0. The van der Waals surface area contributed by atoms with Gasteiger partial charge in [-0.2, -0.15) is 0 Å². The fraction of sp³-hybridized carbons (Fsp3) is 0. The molecule has 10 heteroatoms. The molecule has 0 aliphatic rings. The fourth-order valence-corrected chi connectivity index (χ4v) is 15.2. The molecule has 0 N–H and O–H groups in total. The summed E-state index contributed by atoms with van der Waals surface area (Å²) in [4.78, 5) is 24.2. The Labute approximate surface area is 545 Å². The van der Waals surface area contributed by atoms with Crippen LogP contribution in [0.2, 0.25) is 0 Å². The summed E-state index contributed by atoms with van der Waals surface area (Å²) in [6.07, 6.45) is 7.23. The largest absolute Gasteiger partial charge is 0.454 e. The molecule has 0 radical (unpaired) electrons. The number of nitrogens with zero attached hydrogens (tertiary/aromatic N) is 6. The number of hydrogen-bond donors (Lipinski definition) is 0. The minimum atomic E-state index is 0.586. The van der Waals surface area contributed by atoms with Crippen molar-refractivity contribution < 1.29 is 17.7 Å². The third-order valence-electron chi connectivity index (χ3n) is 19.6. The Kier molecular flexibility index (Phi) is 11.0. The Bertz CT molecular complexity index is 6880. The molecule has 0 fully saturated rings. The van der Waals surface area contributed by atoms with Crippen molar-refractivity contribution in [3.63, 3.8) is 0 Å². The minimum Gasteiger partial charge on any atom is -0.454 e. The summed E-state index contributed by atoms with van der Waals surface area (Å²) in [6, 6.07) is 95.0. The van der Waals surface area contributed by atoms with Gasteiger partial charge in [-0.1, -0.05) is 140 Å². The zero-order valence-electron chi connectivity index (χ0n) is 51.0. The van der Waals surface area contributed by atoms with Gasteiger partial charge in [-0.05, 0) is 203 Å². The van der Waals surface area contributed by atoms with E-state index in [2.05, 4.69) is 232 Å². The van der Waals surface area contributed by atoms with Gasteiger partial charge in [0.05, 0.1) is 23.3 Å². The van der Waals surface area contributed by atoms with Gasteiger partial charge in [-0.15, -0.1) is 0 Å². The fourth-order valence-electron chi connectivity index (χ4n) is 15.2. The van der Waals surface area contributed by atoms with E-state index in [1.807, 2.05) is 67.0 Å². The summed E-state index contributed by atoms with van der Waals surface area (Å²) in [5.41, 5.74) is 16.7. The predicted molar refractivity (Wildman–Crippen MR) is 392 cm³/mol. The van der Waals surface area contributed by atoms with E-state index in [-0.39, 0.29) is 0 Å². The molecule has 10 nitrogen and oxygen atoms in total. The van der Waals surface area contributed by atoms with E-state index in [0.29, 0.717) is 16.9 Å². The molecule has 13 aromatic carbocycles. The van der Waals surface area contributed by atoms with Crippen LogP contribution in [-0.4, -0.2) is 19.9 Å². The maximum Gasteiger partial charge on any atom is 0.227 e. The summed E-state index contributed by atoms with van der Waals surface area (Å²) in [6.45, 7) is 0.